The molecule has 1 unspecified atom stereocenters. The third-order valence-electron chi connectivity index (χ3n) is 2.12. The lowest BCUT2D eigenvalue weighted by Crippen LogP contribution is -2.15. The first-order valence-electron chi connectivity index (χ1n) is 4.52. The number of rotatable bonds is 4. The Morgan fingerprint density at radius 2 is 2.00 bits per heavy atom. The van der Waals surface area contributed by atoms with E-state index in [1.54, 1.807) is 18.2 Å². The van der Waals surface area contributed by atoms with Crippen LogP contribution >= 0.6 is 0 Å². The molecular weight excluding hydrogens is 196 g/mol. The molecule has 15 heavy (non-hydrogen) atoms. The molecule has 0 amide bonds. The van der Waals surface area contributed by atoms with Gasteiger partial charge in [0.15, 0.2) is 0 Å². The van der Waals surface area contributed by atoms with Crippen LogP contribution in [-0.4, -0.2) is 22.2 Å². The number of carboxylic acids is 2. The van der Waals surface area contributed by atoms with Gasteiger partial charge in [0.05, 0.1) is 12.3 Å². The molecule has 0 aromatic heterocycles. The third kappa shape index (κ3) is 3.09. The molecular formula is C11H12O4. The molecule has 1 aromatic carbocycles. The van der Waals surface area contributed by atoms with E-state index in [0.29, 0.717) is 5.56 Å². The molecule has 1 aromatic rings. The topological polar surface area (TPSA) is 74.6 Å². The maximum atomic E-state index is 10.9. The molecule has 80 valence electrons. The summed E-state index contributed by atoms with van der Waals surface area (Å²) in [6.45, 7) is 1.84. The third-order valence-corrected chi connectivity index (χ3v) is 2.12. The van der Waals surface area contributed by atoms with Gasteiger partial charge in [0.25, 0.3) is 0 Å². The number of hydrogen-bond donors (Lipinski definition) is 2. The lowest BCUT2D eigenvalue weighted by atomic mass is 9.95. The van der Waals surface area contributed by atoms with Gasteiger partial charge >= 0.3 is 11.9 Å². The van der Waals surface area contributed by atoms with Crippen molar-refractivity contribution in [2.45, 2.75) is 19.3 Å². The fourth-order valence-electron chi connectivity index (χ4n) is 1.41. The highest BCUT2D eigenvalue weighted by Crippen LogP contribution is 2.20. The van der Waals surface area contributed by atoms with E-state index in [9.17, 15) is 9.59 Å². The molecule has 0 spiro atoms. The monoisotopic (exact) mass is 208 g/mol. The van der Waals surface area contributed by atoms with E-state index < -0.39 is 24.3 Å². The van der Waals surface area contributed by atoms with E-state index in [-0.39, 0.29) is 0 Å². The molecule has 0 heterocycles. The second-order valence-electron chi connectivity index (χ2n) is 3.40. The normalized spacial score (nSPS) is 12.1. The van der Waals surface area contributed by atoms with Gasteiger partial charge in [-0.25, -0.2) is 0 Å². The van der Waals surface area contributed by atoms with Crippen LogP contribution in [0.3, 0.4) is 0 Å². The highest BCUT2D eigenvalue weighted by atomic mass is 16.4. The largest absolute Gasteiger partial charge is 0.481 e. The first-order chi connectivity index (χ1) is 7.00. The fraction of sp³-hybridized carbons (Fsp3) is 0.273. The van der Waals surface area contributed by atoms with Crippen molar-refractivity contribution in [1.29, 1.82) is 0 Å². The minimum Gasteiger partial charge on any atom is -0.481 e. The summed E-state index contributed by atoms with van der Waals surface area (Å²) in [5, 5.41) is 17.5. The quantitative estimate of drug-likeness (QED) is 0.788. The van der Waals surface area contributed by atoms with Crippen LogP contribution in [0.4, 0.5) is 0 Å². The van der Waals surface area contributed by atoms with Gasteiger partial charge in [-0.1, -0.05) is 29.8 Å². The van der Waals surface area contributed by atoms with Crippen molar-refractivity contribution >= 4 is 11.9 Å². The molecule has 0 aliphatic carbocycles. The van der Waals surface area contributed by atoms with Crippen molar-refractivity contribution in [2.75, 3.05) is 0 Å². The second-order valence-corrected chi connectivity index (χ2v) is 3.40. The zero-order chi connectivity index (χ0) is 11.4. The van der Waals surface area contributed by atoms with Crippen LogP contribution in [0, 0.1) is 6.92 Å². The highest BCUT2D eigenvalue weighted by molar-refractivity contribution is 5.82. The van der Waals surface area contributed by atoms with Gasteiger partial charge in [0, 0.05) is 0 Å². The lowest BCUT2D eigenvalue weighted by molar-refractivity contribution is -0.145. The number of carboxylic acid groups (broad SMARTS) is 2. The molecule has 0 aliphatic rings. The Labute approximate surface area is 87.2 Å². The Balaban J connectivity index is 2.98. The molecule has 0 fully saturated rings. The number of hydrogen-bond acceptors (Lipinski definition) is 2. The zero-order valence-corrected chi connectivity index (χ0v) is 8.30. The molecule has 2 N–H and O–H groups in total. The predicted octanol–water partition coefficient (Wildman–Crippen LogP) is 1.64. The summed E-state index contributed by atoms with van der Waals surface area (Å²) in [7, 11) is 0. The molecule has 4 nitrogen and oxygen atoms in total. The van der Waals surface area contributed by atoms with Gasteiger partial charge in [-0.3, -0.25) is 9.59 Å². The molecule has 0 bridgehead atoms. The van der Waals surface area contributed by atoms with E-state index >= 15 is 0 Å². The maximum Gasteiger partial charge on any atom is 0.311 e. The van der Waals surface area contributed by atoms with Gasteiger partial charge in [-0.2, -0.15) is 0 Å². The zero-order valence-electron chi connectivity index (χ0n) is 8.30. The van der Waals surface area contributed by atoms with E-state index in [4.69, 9.17) is 10.2 Å². The second kappa shape index (κ2) is 4.59. The van der Waals surface area contributed by atoms with Crippen LogP contribution in [0.15, 0.2) is 24.3 Å². The SMILES string of the molecule is Cc1cccc(C(CC(=O)O)C(=O)O)c1. The molecule has 0 radical (unpaired) electrons. The summed E-state index contributed by atoms with van der Waals surface area (Å²) < 4.78 is 0. The number of benzene rings is 1. The standard InChI is InChI=1S/C11H12O4/c1-7-3-2-4-8(5-7)9(11(14)15)6-10(12)13/h2-5,9H,6H2,1H3,(H,12,13)(H,14,15). The van der Waals surface area contributed by atoms with Crippen molar-refractivity contribution in [2.24, 2.45) is 0 Å². The van der Waals surface area contributed by atoms with Crippen LogP contribution in [-0.2, 0) is 9.59 Å². The van der Waals surface area contributed by atoms with Crippen LogP contribution < -0.4 is 0 Å². The van der Waals surface area contributed by atoms with Crippen LogP contribution in [0.2, 0.25) is 0 Å². The molecule has 0 aliphatic heterocycles. The van der Waals surface area contributed by atoms with Gasteiger partial charge in [0.2, 0.25) is 0 Å². The van der Waals surface area contributed by atoms with E-state index in [2.05, 4.69) is 0 Å². The summed E-state index contributed by atoms with van der Waals surface area (Å²) in [5.74, 6) is -3.19. The Morgan fingerprint density at radius 3 is 2.47 bits per heavy atom. The summed E-state index contributed by atoms with van der Waals surface area (Å²) in [6.07, 6.45) is -0.390. The molecule has 0 saturated carbocycles. The van der Waals surface area contributed by atoms with Crippen LogP contribution in [0.25, 0.3) is 0 Å². The average Bonchev–Trinajstić information content (AvgIpc) is 2.13. The number of carbonyl (C=O) groups is 2. The van der Waals surface area contributed by atoms with Crippen molar-refractivity contribution in [3.63, 3.8) is 0 Å². The van der Waals surface area contributed by atoms with Crippen molar-refractivity contribution in [3.05, 3.63) is 35.4 Å². The fourth-order valence-corrected chi connectivity index (χ4v) is 1.41. The Bertz CT molecular complexity index is 384. The molecule has 4 heteroatoms. The molecule has 1 atom stereocenters. The van der Waals surface area contributed by atoms with E-state index in [1.165, 1.54) is 0 Å². The van der Waals surface area contributed by atoms with Gasteiger partial charge in [-0.15, -0.1) is 0 Å². The summed E-state index contributed by atoms with van der Waals surface area (Å²) >= 11 is 0. The minimum absolute atomic E-state index is 0.390. The minimum atomic E-state index is -1.11. The maximum absolute atomic E-state index is 10.9. The van der Waals surface area contributed by atoms with Crippen molar-refractivity contribution < 1.29 is 19.8 Å². The lowest BCUT2D eigenvalue weighted by Gasteiger charge is -2.10. The van der Waals surface area contributed by atoms with Gasteiger partial charge in [0.1, 0.15) is 0 Å². The van der Waals surface area contributed by atoms with Crippen molar-refractivity contribution in [1.82, 2.24) is 0 Å². The highest BCUT2D eigenvalue weighted by Gasteiger charge is 2.22. The van der Waals surface area contributed by atoms with Gasteiger partial charge < -0.3 is 10.2 Å². The summed E-state index contributed by atoms with van der Waals surface area (Å²) in [6, 6.07) is 6.89. The summed E-state index contributed by atoms with van der Waals surface area (Å²) in [5.41, 5.74) is 1.45. The van der Waals surface area contributed by atoms with Crippen LogP contribution in [0.5, 0.6) is 0 Å². The average molecular weight is 208 g/mol. The van der Waals surface area contributed by atoms with Gasteiger partial charge in [-0.05, 0) is 12.5 Å². The Morgan fingerprint density at radius 1 is 1.33 bits per heavy atom. The number of aryl methyl sites for hydroxylation is 1. The van der Waals surface area contributed by atoms with Crippen LogP contribution in [0.1, 0.15) is 23.5 Å². The van der Waals surface area contributed by atoms with Crippen molar-refractivity contribution in [3.8, 4) is 0 Å². The van der Waals surface area contributed by atoms with E-state index in [1.807, 2.05) is 13.0 Å². The smallest absolute Gasteiger partial charge is 0.311 e. The first kappa shape index (κ1) is 11.2. The number of aliphatic carboxylic acids is 2. The molecule has 1 rings (SSSR count). The molecule has 0 saturated heterocycles. The Kier molecular flexibility index (Phi) is 3.44. The first-order valence-corrected chi connectivity index (χ1v) is 4.52. The Hall–Kier alpha value is -1.84. The predicted molar refractivity (Wildman–Crippen MR) is 53.8 cm³/mol. The summed E-state index contributed by atoms with van der Waals surface area (Å²) in [4.78, 5) is 21.4. The van der Waals surface area contributed by atoms with E-state index in [0.717, 1.165) is 5.56 Å².